The number of aromatic nitrogens is 1. The van der Waals surface area contributed by atoms with Crippen molar-refractivity contribution in [1.82, 2.24) is 9.88 Å². The zero-order chi connectivity index (χ0) is 18.3. The average Bonchev–Trinajstić information content (AvgIpc) is 3.16. The van der Waals surface area contributed by atoms with Gasteiger partial charge in [0.05, 0.1) is 5.69 Å². The number of carbonyl (C=O) groups is 1. The molecule has 132 valence electrons. The van der Waals surface area contributed by atoms with Gasteiger partial charge in [0.15, 0.2) is 0 Å². The molecule has 1 amide bonds. The van der Waals surface area contributed by atoms with Crippen molar-refractivity contribution in [3.63, 3.8) is 0 Å². The molecule has 2 heterocycles. The van der Waals surface area contributed by atoms with Crippen LogP contribution in [0.25, 0.3) is 16.9 Å². The van der Waals surface area contributed by atoms with E-state index in [1.807, 2.05) is 24.3 Å². The van der Waals surface area contributed by atoms with Crippen molar-refractivity contribution in [1.29, 1.82) is 0 Å². The summed E-state index contributed by atoms with van der Waals surface area (Å²) in [7, 11) is 1.56. The van der Waals surface area contributed by atoms with Crippen molar-refractivity contribution in [2.75, 3.05) is 12.8 Å². The number of rotatable bonds is 3. The van der Waals surface area contributed by atoms with Gasteiger partial charge in [-0.05, 0) is 41.8 Å². The fraction of sp³-hybridized carbons (Fsp3) is 0.190. The van der Waals surface area contributed by atoms with Gasteiger partial charge in [-0.2, -0.15) is 0 Å². The van der Waals surface area contributed by atoms with E-state index in [2.05, 4.69) is 41.1 Å². The van der Waals surface area contributed by atoms with Gasteiger partial charge in [0, 0.05) is 36.1 Å². The second-order valence-electron chi connectivity index (χ2n) is 6.49. The van der Waals surface area contributed by atoms with E-state index in [0.717, 1.165) is 34.5 Å². The second-order valence-corrected chi connectivity index (χ2v) is 6.49. The highest BCUT2D eigenvalue weighted by Gasteiger charge is 2.28. The lowest BCUT2D eigenvalue weighted by Crippen LogP contribution is -2.19. The molecule has 1 aliphatic heterocycles. The van der Waals surface area contributed by atoms with Gasteiger partial charge < -0.3 is 20.4 Å². The zero-order valence-electron chi connectivity index (χ0n) is 14.9. The molecule has 0 fully saturated rings. The van der Waals surface area contributed by atoms with E-state index in [1.165, 1.54) is 16.9 Å². The van der Waals surface area contributed by atoms with Gasteiger partial charge >= 0.3 is 6.09 Å². The summed E-state index contributed by atoms with van der Waals surface area (Å²) in [5, 5.41) is 2.50. The van der Waals surface area contributed by atoms with Gasteiger partial charge in [-0.3, -0.25) is 0 Å². The van der Waals surface area contributed by atoms with Gasteiger partial charge in [0.25, 0.3) is 0 Å². The number of amides is 1. The number of hydrogen-bond acceptors (Lipinski definition) is 3. The van der Waals surface area contributed by atoms with E-state index < -0.39 is 6.09 Å². The van der Waals surface area contributed by atoms with E-state index in [-0.39, 0.29) is 6.61 Å². The SMILES string of the molecule is CNC(=O)OCc1c(C)c2n(c1-c1ccc(N)cc1)-c1ccccc1C2. The molecular weight excluding hydrogens is 326 g/mol. The van der Waals surface area contributed by atoms with E-state index in [0.29, 0.717) is 0 Å². The minimum absolute atomic E-state index is 0.230. The number of anilines is 1. The Balaban J connectivity index is 1.90. The predicted octanol–water partition coefficient (Wildman–Crippen LogP) is 3.80. The summed E-state index contributed by atoms with van der Waals surface area (Å²) < 4.78 is 7.67. The number of nitrogen functional groups attached to an aromatic ring is 1. The number of para-hydroxylation sites is 1. The van der Waals surface area contributed by atoms with Crippen molar-refractivity contribution in [3.8, 4) is 16.9 Å². The lowest BCUT2D eigenvalue weighted by Gasteiger charge is -2.13. The summed E-state index contributed by atoms with van der Waals surface area (Å²) in [4.78, 5) is 11.6. The third kappa shape index (κ3) is 2.52. The number of hydrogen-bond donors (Lipinski definition) is 2. The highest BCUT2D eigenvalue weighted by molar-refractivity contribution is 5.75. The van der Waals surface area contributed by atoms with Crippen LogP contribution in [0.5, 0.6) is 0 Å². The Labute approximate surface area is 152 Å². The summed E-state index contributed by atoms with van der Waals surface area (Å²) in [5.41, 5.74) is 14.6. The fourth-order valence-corrected chi connectivity index (χ4v) is 3.66. The molecule has 0 unspecified atom stereocenters. The zero-order valence-corrected chi connectivity index (χ0v) is 14.9. The molecule has 1 aliphatic rings. The Morgan fingerprint density at radius 3 is 2.65 bits per heavy atom. The van der Waals surface area contributed by atoms with E-state index >= 15 is 0 Å². The lowest BCUT2D eigenvalue weighted by molar-refractivity contribution is 0.142. The van der Waals surface area contributed by atoms with Crippen LogP contribution in [0.1, 0.15) is 22.4 Å². The quantitative estimate of drug-likeness (QED) is 0.554. The molecule has 1 aromatic heterocycles. The first-order chi connectivity index (χ1) is 12.6. The van der Waals surface area contributed by atoms with Crippen molar-refractivity contribution in [3.05, 3.63) is 70.9 Å². The molecule has 2 aromatic carbocycles. The molecule has 0 bridgehead atoms. The first-order valence-electron chi connectivity index (χ1n) is 8.62. The second kappa shape index (κ2) is 6.26. The minimum Gasteiger partial charge on any atom is -0.445 e. The molecule has 0 saturated carbocycles. The number of ether oxygens (including phenoxy) is 1. The van der Waals surface area contributed by atoms with Crippen LogP contribution in [0.2, 0.25) is 0 Å². The number of benzene rings is 2. The molecule has 0 aliphatic carbocycles. The summed E-state index contributed by atoms with van der Waals surface area (Å²) in [6.45, 7) is 2.33. The third-order valence-corrected chi connectivity index (χ3v) is 4.99. The van der Waals surface area contributed by atoms with E-state index in [1.54, 1.807) is 7.05 Å². The first-order valence-corrected chi connectivity index (χ1v) is 8.62. The van der Waals surface area contributed by atoms with Crippen molar-refractivity contribution < 1.29 is 9.53 Å². The standard InChI is InChI=1S/C21H21N3O2/c1-13-17(12-26-21(25)23-2)20(14-7-9-16(22)10-8-14)24-18-6-4-3-5-15(18)11-19(13)24/h3-10H,11-12,22H2,1-2H3,(H,23,25). The van der Waals surface area contributed by atoms with Crippen LogP contribution < -0.4 is 11.1 Å². The van der Waals surface area contributed by atoms with Crippen LogP contribution in [-0.4, -0.2) is 17.7 Å². The maximum absolute atomic E-state index is 11.6. The largest absolute Gasteiger partial charge is 0.445 e. The number of fused-ring (bicyclic) bond motifs is 3. The number of carbonyl (C=O) groups excluding carboxylic acids is 1. The molecule has 0 atom stereocenters. The average molecular weight is 347 g/mol. The van der Waals surface area contributed by atoms with Gasteiger partial charge in [-0.1, -0.05) is 30.3 Å². The van der Waals surface area contributed by atoms with Crippen LogP contribution >= 0.6 is 0 Å². The lowest BCUT2D eigenvalue weighted by atomic mass is 10.0. The first kappa shape index (κ1) is 16.3. The Bertz CT molecular complexity index is 987. The van der Waals surface area contributed by atoms with Gasteiger partial charge in [0.2, 0.25) is 0 Å². The summed E-state index contributed by atoms with van der Waals surface area (Å²) >= 11 is 0. The molecule has 0 saturated heterocycles. The van der Waals surface area contributed by atoms with Gasteiger partial charge in [-0.25, -0.2) is 4.79 Å². The molecular formula is C21H21N3O2. The highest BCUT2D eigenvalue weighted by Crippen LogP contribution is 2.41. The van der Waals surface area contributed by atoms with Gasteiger partial charge in [-0.15, -0.1) is 0 Å². The van der Waals surface area contributed by atoms with Crippen LogP contribution in [0.15, 0.2) is 48.5 Å². The molecule has 4 rings (SSSR count). The molecule has 26 heavy (non-hydrogen) atoms. The van der Waals surface area contributed by atoms with Gasteiger partial charge in [0.1, 0.15) is 6.61 Å². The normalized spacial score (nSPS) is 11.8. The summed E-state index contributed by atoms with van der Waals surface area (Å²) in [6, 6.07) is 16.2. The van der Waals surface area contributed by atoms with Crippen LogP contribution in [0.4, 0.5) is 10.5 Å². The van der Waals surface area contributed by atoms with Crippen LogP contribution in [-0.2, 0) is 17.8 Å². The van der Waals surface area contributed by atoms with Crippen LogP contribution in [0, 0.1) is 6.92 Å². The summed E-state index contributed by atoms with van der Waals surface area (Å²) in [5.74, 6) is 0. The monoisotopic (exact) mass is 347 g/mol. The molecule has 0 radical (unpaired) electrons. The smallest absolute Gasteiger partial charge is 0.407 e. The Morgan fingerprint density at radius 2 is 1.92 bits per heavy atom. The summed E-state index contributed by atoms with van der Waals surface area (Å²) in [6.07, 6.45) is 0.448. The predicted molar refractivity (Wildman–Crippen MR) is 102 cm³/mol. The van der Waals surface area contributed by atoms with E-state index in [4.69, 9.17) is 10.5 Å². The number of nitrogens with two attached hydrogens (primary N) is 1. The Morgan fingerprint density at radius 1 is 1.19 bits per heavy atom. The topological polar surface area (TPSA) is 69.3 Å². The Kier molecular flexibility index (Phi) is 3.92. The van der Waals surface area contributed by atoms with Crippen LogP contribution in [0.3, 0.4) is 0 Å². The minimum atomic E-state index is -0.431. The molecule has 5 nitrogen and oxygen atoms in total. The highest BCUT2D eigenvalue weighted by atomic mass is 16.5. The molecule has 5 heteroatoms. The third-order valence-electron chi connectivity index (χ3n) is 4.99. The Hall–Kier alpha value is -3.21. The number of alkyl carbamates (subject to hydrolysis) is 1. The number of nitrogens with one attached hydrogen (secondary N) is 1. The fourth-order valence-electron chi connectivity index (χ4n) is 3.66. The van der Waals surface area contributed by atoms with Crippen molar-refractivity contribution >= 4 is 11.8 Å². The van der Waals surface area contributed by atoms with Crippen molar-refractivity contribution in [2.24, 2.45) is 0 Å². The van der Waals surface area contributed by atoms with Crippen molar-refractivity contribution in [2.45, 2.75) is 20.0 Å². The maximum atomic E-state index is 11.6. The molecule has 0 spiro atoms. The number of nitrogens with zero attached hydrogens (tertiary/aromatic N) is 1. The molecule has 3 N–H and O–H groups in total. The maximum Gasteiger partial charge on any atom is 0.407 e. The molecule has 3 aromatic rings. The van der Waals surface area contributed by atoms with E-state index in [9.17, 15) is 4.79 Å².